The van der Waals surface area contributed by atoms with Crippen molar-refractivity contribution in [1.29, 1.82) is 0 Å². The molecule has 0 saturated heterocycles. The number of benzene rings is 1. The van der Waals surface area contributed by atoms with Crippen LogP contribution in [0.1, 0.15) is 18.4 Å². The Morgan fingerprint density at radius 1 is 1.44 bits per heavy atom. The molecule has 0 spiro atoms. The van der Waals surface area contributed by atoms with Crippen LogP contribution in [0.15, 0.2) is 24.3 Å². The fraction of sp³-hybridized carbons (Fsp3) is 0.417. The number of halogens is 1. The summed E-state index contributed by atoms with van der Waals surface area (Å²) in [7, 11) is 0. The van der Waals surface area contributed by atoms with Crippen LogP contribution in [0.3, 0.4) is 0 Å². The second-order valence-electron chi connectivity index (χ2n) is 4.25. The van der Waals surface area contributed by atoms with E-state index in [0.29, 0.717) is 6.54 Å². The summed E-state index contributed by atoms with van der Waals surface area (Å²) in [6, 6.07) is 7.64. The first kappa shape index (κ1) is 11.4. The first-order valence-electron chi connectivity index (χ1n) is 5.42. The molecule has 2 rings (SSSR count). The molecule has 86 valence electrons. The van der Waals surface area contributed by atoms with Crippen molar-refractivity contribution in [2.24, 2.45) is 5.73 Å². The molecule has 0 unspecified atom stereocenters. The van der Waals surface area contributed by atoms with Crippen molar-refractivity contribution in [3.63, 3.8) is 0 Å². The average molecular weight is 239 g/mol. The lowest BCUT2D eigenvalue weighted by Gasteiger charge is -2.10. The quantitative estimate of drug-likeness (QED) is 0.835. The normalized spacial score (nSPS) is 16.9. The van der Waals surface area contributed by atoms with Crippen molar-refractivity contribution in [2.45, 2.75) is 24.8 Å². The van der Waals surface area contributed by atoms with Crippen molar-refractivity contribution in [2.75, 3.05) is 6.54 Å². The summed E-state index contributed by atoms with van der Waals surface area (Å²) in [5.41, 5.74) is 6.23. The van der Waals surface area contributed by atoms with Gasteiger partial charge in [0.05, 0.1) is 5.54 Å². The Labute approximate surface area is 100.0 Å². The first-order chi connectivity index (χ1) is 7.62. The molecule has 1 saturated carbocycles. The number of hydrogen-bond donors (Lipinski definition) is 2. The van der Waals surface area contributed by atoms with Gasteiger partial charge in [0.25, 0.3) is 0 Å². The van der Waals surface area contributed by atoms with E-state index in [9.17, 15) is 4.79 Å². The number of amides is 1. The Morgan fingerprint density at radius 2 is 2.12 bits per heavy atom. The molecule has 1 aliphatic rings. The smallest absolute Gasteiger partial charge is 0.240 e. The molecule has 1 aliphatic carbocycles. The first-order valence-corrected chi connectivity index (χ1v) is 5.80. The molecule has 1 aromatic carbocycles. The topological polar surface area (TPSA) is 55.1 Å². The van der Waals surface area contributed by atoms with E-state index in [1.54, 1.807) is 0 Å². The van der Waals surface area contributed by atoms with Crippen molar-refractivity contribution < 1.29 is 4.79 Å². The Bertz CT molecular complexity index is 402. The zero-order chi connectivity index (χ0) is 11.6. The van der Waals surface area contributed by atoms with Crippen LogP contribution in [0.2, 0.25) is 5.02 Å². The van der Waals surface area contributed by atoms with Crippen LogP contribution in [0, 0.1) is 0 Å². The number of rotatable bonds is 4. The lowest BCUT2D eigenvalue weighted by Crippen LogP contribution is -2.43. The van der Waals surface area contributed by atoms with E-state index in [-0.39, 0.29) is 5.91 Å². The Balaban J connectivity index is 1.80. The van der Waals surface area contributed by atoms with Crippen LogP contribution in [-0.2, 0) is 11.2 Å². The molecule has 16 heavy (non-hydrogen) atoms. The highest BCUT2D eigenvalue weighted by Gasteiger charge is 2.45. The van der Waals surface area contributed by atoms with E-state index in [0.717, 1.165) is 29.8 Å². The molecule has 0 radical (unpaired) electrons. The minimum absolute atomic E-state index is 0.0421. The van der Waals surface area contributed by atoms with Gasteiger partial charge in [0.2, 0.25) is 5.91 Å². The summed E-state index contributed by atoms with van der Waals surface area (Å²) in [4.78, 5) is 11.5. The third-order valence-corrected chi connectivity index (χ3v) is 3.25. The molecule has 0 atom stereocenters. The summed E-state index contributed by atoms with van der Waals surface area (Å²) >= 11 is 6.00. The number of nitrogens with two attached hydrogens (primary N) is 1. The second-order valence-corrected chi connectivity index (χ2v) is 4.66. The molecule has 1 amide bonds. The third-order valence-electron chi connectivity index (χ3n) is 2.88. The van der Waals surface area contributed by atoms with E-state index in [1.165, 1.54) is 0 Å². The predicted molar refractivity (Wildman–Crippen MR) is 64.3 cm³/mol. The molecule has 0 aliphatic heterocycles. The van der Waals surface area contributed by atoms with Gasteiger partial charge in [0, 0.05) is 11.6 Å². The fourth-order valence-corrected chi connectivity index (χ4v) is 1.78. The lowest BCUT2D eigenvalue weighted by molar-refractivity contribution is -0.123. The highest BCUT2D eigenvalue weighted by molar-refractivity contribution is 6.31. The molecule has 3 nitrogen and oxygen atoms in total. The molecule has 1 fully saturated rings. The van der Waals surface area contributed by atoms with Gasteiger partial charge in [-0.05, 0) is 30.9 Å². The van der Waals surface area contributed by atoms with Gasteiger partial charge in [-0.1, -0.05) is 29.8 Å². The van der Waals surface area contributed by atoms with E-state index in [1.807, 2.05) is 24.3 Å². The van der Waals surface area contributed by atoms with Gasteiger partial charge in [0.15, 0.2) is 0 Å². The summed E-state index contributed by atoms with van der Waals surface area (Å²) in [6.45, 7) is 0.585. The Kier molecular flexibility index (Phi) is 3.17. The number of nitrogens with one attached hydrogen (secondary N) is 1. The zero-order valence-electron chi connectivity index (χ0n) is 9.00. The van der Waals surface area contributed by atoms with E-state index >= 15 is 0 Å². The van der Waals surface area contributed by atoms with Crippen molar-refractivity contribution in [3.8, 4) is 0 Å². The molecular formula is C12H15ClN2O. The van der Waals surface area contributed by atoms with Crippen molar-refractivity contribution >= 4 is 17.5 Å². The number of carbonyl (C=O) groups excluding carboxylic acids is 1. The standard InChI is InChI=1S/C12H15ClN2O/c13-10-4-2-1-3-9(10)5-8-15-11(16)12(14)6-7-12/h1-4H,5-8,14H2,(H,15,16). The van der Waals surface area contributed by atoms with Crippen LogP contribution in [0.25, 0.3) is 0 Å². The van der Waals surface area contributed by atoms with Gasteiger partial charge in [-0.25, -0.2) is 0 Å². The maximum Gasteiger partial charge on any atom is 0.240 e. The molecule has 4 heteroatoms. The van der Waals surface area contributed by atoms with Gasteiger partial charge in [-0.3, -0.25) is 4.79 Å². The molecular weight excluding hydrogens is 224 g/mol. The van der Waals surface area contributed by atoms with Gasteiger partial charge in [-0.2, -0.15) is 0 Å². The van der Waals surface area contributed by atoms with Gasteiger partial charge in [-0.15, -0.1) is 0 Å². The molecule has 0 bridgehead atoms. The van der Waals surface area contributed by atoms with Gasteiger partial charge >= 0.3 is 0 Å². The number of carbonyl (C=O) groups is 1. The lowest BCUT2D eigenvalue weighted by atomic mass is 10.1. The van der Waals surface area contributed by atoms with Crippen molar-refractivity contribution in [1.82, 2.24) is 5.32 Å². The minimum Gasteiger partial charge on any atom is -0.354 e. The monoisotopic (exact) mass is 238 g/mol. The molecule has 3 N–H and O–H groups in total. The van der Waals surface area contributed by atoms with E-state index in [2.05, 4.69) is 5.32 Å². The molecule has 0 heterocycles. The van der Waals surface area contributed by atoms with Gasteiger partial charge in [0.1, 0.15) is 0 Å². The van der Waals surface area contributed by atoms with Crippen LogP contribution in [0.4, 0.5) is 0 Å². The Morgan fingerprint density at radius 3 is 2.75 bits per heavy atom. The zero-order valence-corrected chi connectivity index (χ0v) is 9.76. The van der Waals surface area contributed by atoms with Crippen LogP contribution in [0.5, 0.6) is 0 Å². The SMILES string of the molecule is NC1(C(=O)NCCc2ccccc2Cl)CC1. The Hall–Kier alpha value is -1.06. The summed E-state index contributed by atoms with van der Waals surface area (Å²) in [5.74, 6) is -0.0421. The molecule has 0 aromatic heterocycles. The predicted octanol–water partition coefficient (Wildman–Crippen LogP) is 1.49. The number of hydrogen-bond acceptors (Lipinski definition) is 2. The summed E-state index contributed by atoms with van der Waals surface area (Å²) < 4.78 is 0. The van der Waals surface area contributed by atoms with Crippen LogP contribution in [-0.4, -0.2) is 18.0 Å². The second kappa shape index (κ2) is 4.44. The largest absolute Gasteiger partial charge is 0.354 e. The highest BCUT2D eigenvalue weighted by Crippen LogP contribution is 2.32. The minimum atomic E-state index is -0.583. The highest BCUT2D eigenvalue weighted by atomic mass is 35.5. The fourth-order valence-electron chi connectivity index (χ4n) is 1.55. The van der Waals surface area contributed by atoms with Gasteiger partial charge < -0.3 is 11.1 Å². The van der Waals surface area contributed by atoms with Crippen molar-refractivity contribution in [3.05, 3.63) is 34.9 Å². The molecule has 1 aromatic rings. The van der Waals surface area contributed by atoms with E-state index in [4.69, 9.17) is 17.3 Å². The average Bonchev–Trinajstić information content (AvgIpc) is 3.01. The van der Waals surface area contributed by atoms with E-state index < -0.39 is 5.54 Å². The maximum absolute atomic E-state index is 11.5. The maximum atomic E-state index is 11.5. The third kappa shape index (κ3) is 2.54. The van der Waals surface area contributed by atoms with Crippen LogP contribution >= 0.6 is 11.6 Å². The van der Waals surface area contributed by atoms with Crippen LogP contribution < -0.4 is 11.1 Å². The summed E-state index contributed by atoms with van der Waals surface area (Å²) in [5, 5.41) is 3.58. The summed E-state index contributed by atoms with van der Waals surface area (Å²) in [6.07, 6.45) is 2.33.